The number of rotatable bonds is 3. The quantitative estimate of drug-likeness (QED) is 0.784. The predicted octanol–water partition coefficient (Wildman–Crippen LogP) is 1.31. The molecule has 1 fully saturated rings. The minimum atomic E-state index is 0.152. The SMILES string of the molecule is CC1CN(CC(=O)c2ccc[nH]2)CCCO1. The van der Waals surface area contributed by atoms with Gasteiger partial charge in [-0.15, -0.1) is 0 Å². The van der Waals surface area contributed by atoms with Crippen molar-refractivity contribution in [2.75, 3.05) is 26.2 Å². The molecular weight excluding hydrogens is 204 g/mol. The predicted molar refractivity (Wildman–Crippen MR) is 61.6 cm³/mol. The highest BCUT2D eigenvalue weighted by atomic mass is 16.5. The number of aromatic nitrogens is 1. The number of aromatic amines is 1. The molecule has 0 aromatic carbocycles. The average Bonchev–Trinajstić information content (AvgIpc) is 2.70. The van der Waals surface area contributed by atoms with Gasteiger partial charge in [-0.3, -0.25) is 9.69 Å². The molecule has 1 atom stereocenters. The van der Waals surface area contributed by atoms with Gasteiger partial charge in [0.05, 0.1) is 18.3 Å². The number of ether oxygens (including phenoxy) is 1. The van der Waals surface area contributed by atoms with Gasteiger partial charge in [0.1, 0.15) is 0 Å². The van der Waals surface area contributed by atoms with Gasteiger partial charge in [-0.25, -0.2) is 0 Å². The molecule has 1 aromatic rings. The Bertz CT molecular complexity index is 335. The van der Waals surface area contributed by atoms with E-state index in [9.17, 15) is 4.79 Å². The first-order valence-electron chi connectivity index (χ1n) is 5.76. The Morgan fingerprint density at radius 3 is 3.31 bits per heavy atom. The lowest BCUT2D eigenvalue weighted by Gasteiger charge is -2.20. The van der Waals surface area contributed by atoms with E-state index in [-0.39, 0.29) is 11.9 Å². The van der Waals surface area contributed by atoms with Gasteiger partial charge < -0.3 is 9.72 Å². The first-order chi connectivity index (χ1) is 7.75. The highest BCUT2D eigenvalue weighted by molar-refractivity contribution is 5.95. The molecule has 4 nitrogen and oxygen atoms in total. The van der Waals surface area contributed by atoms with Crippen LogP contribution in [0.3, 0.4) is 0 Å². The van der Waals surface area contributed by atoms with Gasteiger partial charge in [0.2, 0.25) is 0 Å². The number of hydrogen-bond donors (Lipinski definition) is 1. The molecular formula is C12H18N2O2. The molecule has 1 aliphatic heterocycles. The molecule has 1 saturated heterocycles. The van der Waals surface area contributed by atoms with Gasteiger partial charge in [0.15, 0.2) is 5.78 Å². The van der Waals surface area contributed by atoms with Crippen LogP contribution >= 0.6 is 0 Å². The number of carbonyl (C=O) groups is 1. The third-order valence-electron chi connectivity index (χ3n) is 2.80. The zero-order chi connectivity index (χ0) is 11.4. The summed E-state index contributed by atoms with van der Waals surface area (Å²) in [5.41, 5.74) is 0.692. The molecule has 1 aromatic heterocycles. The number of hydrogen-bond acceptors (Lipinski definition) is 3. The minimum absolute atomic E-state index is 0.152. The Kier molecular flexibility index (Phi) is 3.74. The Morgan fingerprint density at radius 2 is 2.56 bits per heavy atom. The molecule has 2 rings (SSSR count). The third-order valence-corrected chi connectivity index (χ3v) is 2.80. The maximum Gasteiger partial charge on any atom is 0.192 e. The molecule has 0 aliphatic carbocycles. The van der Waals surface area contributed by atoms with Crippen molar-refractivity contribution in [3.05, 3.63) is 24.0 Å². The van der Waals surface area contributed by atoms with E-state index in [1.54, 1.807) is 6.20 Å². The van der Waals surface area contributed by atoms with Crippen molar-refractivity contribution in [3.8, 4) is 0 Å². The summed E-state index contributed by atoms with van der Waals surface area (Å²) in [7, 11) is 0. The van der Waals surface area contributed by atoms with Gasteiger partial charge in [-0.2, -0.15) is 0 Å². The lowest BCUT2D eigenvalue weighted by atomic mass is 10.2. The van der Waals surface area contributed by atoms with E-state index in [0.29, 0.717) is 12.2 Å². The van der Waals surface area contributed by atoms with Crippen LogP contribution in [0.15, 0.2) is 18.3 Å². The Labute approximate surface area is 95.6 Å². The van der Waals surface area contributed by atoms with Crippen LogP contribution in [0.4, 0.5) is 0 Å². The van der Waals surface area contributed by atoms with E-state index in [1.807, 2.05) is 12.1 Å². The third kappa shape index (κ3) is 2.93. The van der Waals surface area contributed by atoms with Crippen molar-refractivity contribution < 1.29 is 9.53 Å². The van der Waals surface area contributed by atoms with Gasteiger partial charge >= 0.3 is 0 Å². The number of carbonyl (C=O) groups excluding carboxylic acids is 1. The van der Waals surface area contributed by atoms with Crippen LogP contribution in [0.1, 0.15) is 23.8 Å². The molecule has 0 spiro atoms. The second-order valence-corrected chi connectivity index (χ2v) is 4.28. The normalized spacial score (nSPS) is 22.9. The molecule has 0 amide bonds. The van der Waals surface area contributed by atoms with Gasteiger partial charge in [0.25, 0.3) is 0 Å². The molecule has 1 aliphatic rings. The Hall–Kier alpha value is -1.13. The highest BCUT2D eigenvalue weighted by Gasteiger charge is 2.18. The monoisotopic (exact) mass is 222 g/mol. The summed E-state index contributed by atoms with van der Waals surface area (Å²) in [6.07, 6.45) is 3.00. The summed E-state index contributed by atoms with van der Waals surface area (Å²) in [5.74, 6) is 0.152. The van der Waals surface area contributed by atoms with Crippen molar-refractivity contribution in [2.45, 2.75) is 19.4 Å². The Balaban J connectivity index is 1.91. The van der Waals surface area contributed by atoms with Crippen LogP contribution in [-0.2, 0) is 4.74 Å². The number of nitrogens with one attached hydrogen (secondary N) is 1. The number of H-pyrrole nitrogens is 1. The standard InChI is InChI=1S/C12H18N2O2/c1-10-8-14(6-3-7-16-10)9-12(15)11-4-2-5-13-11/h2,4-5,10,13H,3,6-9H2,1H3. The molecule has 1 unspecified atom stereocenters. The van der Waals surface area contributed by atoms with Gasteiger partial charge in [0, 0.05) is 25.9 Å². The molecule has 88 valence electrons. The molecule has 1 N–H and O–H groups in total. The summed E-state index contributed by atoms with van der Waals surface area (Å²) in [5, 5.41) is 0. The van der Waals surface area contributed by atoms with E-state index in [2.05, 4.69) is 16.8 Å². The summed E-state index contributed by atoms with van der Waals surface area (Å²) >= 11 is 0. The second kappa shape index (κ2) is 5.27. The van der Waals surface area contributed by atoms with E-state index in [0.717, 1.165) is 26.1 Å². The summed E-state index contributed by atoms with van der Waals surface area (Å²) < 4.78 is 5.54. The summed E-state index contributed by atoms with van der Waals surface area (Å²) in [4.78, 5) is 17.0. The van der Waals surface area contributed by atoms with Crippen molar-refractivity contribution in [1.82, 2.24) is 9.88 Å². The maximum atomic E-state index is 11.9. The average molecular weight is 222 g/mol. The fourth-order valence-electron chi connectivity index (χ4n) is 2.02. The van der Waals surface area contributed by atoms with Crippen LogP contribution in [0, 0.1) is 0 Å². The first-order valence-corrected chi connectivity index (χ1v) is 5.76. The zero-order valence-corrected chi connectivity index (χ0v) is 9.61. The highest BCUT2D eigenvalue weighted by Crippen LogP contribution is 2.06. The lowest BCUT2D eigenvalue weighted by Crippen LogP contribution is -2.34. The fraction of sp³-hybridized carbons (Fsp3) is 0.583. The minimum Gasteiger partial charge on any atom is -0.377 e. The number of ketones is 1. The first kappa shape index (κ1) is 11.4. The molecule has 2 heterocycles. The van der Waals surface area contributed by atoms with Gasteiger partial charge in [-0.1, -0.05) is 0 Å². The molecule has 0 saturated carbocycles. The van der Waals surface area contributed by atoms with Crippen LogP contribution in [0.2, 0.25) is 0 Å². The summed E-state index contributed by atoms with van der Waals surface area (Å²) in [6, 6.07) is 3.67. The Morgan fingerprint density at radius 1 is 1.69 bits per heavy atom. The largest absolute Gasteiger partial charge is 0.377 e. The van der Waals surface area contributed by atoms with E-state index >= 15 is 0 Å². The topological polar surface area (TPSA) is 45.3 Å². The van der Waals surface area contributed by atoms with Crippen molar-refractivity contribution in [1.29, 1.82) is 0 Å². The summed E-state index contributed by atoms with van der Waals surface area (Å²) in [6.45, 7) is 5.11. The second-order valence-electron chi connectivity index (χ2n) is 4.28. The van der Waals surface area contributed by atoms with E-state index < -0.39 is 0 Å². The van der Waals surface area contributed by atoms with Crippen LogP contribution < -0.4 is 0 Å². The molecule has 0 radical (unpaired) electrons. The smallest absolute Gasteiger partial charge is 0.192 e. The van der Waals surface area contributed by atoms with Gasteiger partial charge in [-0.05, 0) is 25.5 Å². The zero-order valence-electron chi connectivity index (χ0n) is 9.61. The van der Waals surface area contributed by atoms with Crippen molar-refractivity contribution in [2.24, 2.45) is 0 Å². The fourth-order valence-corrected chi connectivity index (χ4v) is 2.02. The number of nitrogens with zero attached hydrogens (tertiary/aromatic N) is 1. The molecule has 0 bridgehead atoms. The molecule has 16 heavy (non-hydrogen) atoms. The van der Waals surface area contributed by atoms with Crippen LogP contribution in [0.25, 0.3) is 0 Å². The van der Waals surface area contributed by atoms with Crippen LogP contribution in [-0.4, -0.2) is 48.0 Å². The van der Waals surface area contributed by atoms with E-state index in [4.69, 9.17) is 4.74 Å². The van der Waals surface area contributed by atoms with Crippen LogP contribution in [0.5, 0.6) is 0 Å². The van der Waals surface area contributed by atoms with E-state index in [1.165, 1.54) is 0 Å². The van der Waals surface area contributed by atoms with Crippen molar-refractivity contribution in [3.63, 3.8) is 0 Å². The number of Topliss-reactive ketones (excluding diaryl/α,β-unsaturated/α-hetero) is 1. The maximum absolute atomic E-state index is 11.9. The molecule has 4 heteroatoms. The lowest BCUT2D eigenvalue weighted by molar-refractivity contribution is 0.0656. The van der Waals surface area contributed by atoms with Crippen molar-refractivity contribution >= 4 is 5.78 Å².